The quantitative estimate of drug-likeness (QED) is 0.556. The second-order valence-electron chi connectivity index (χ2n) is 6.47. The molecule has 2 aromatic rings. The SMILES string of the molecule is COc1cc(CNC(C)Cc2ccc([N+](=O)[O-])cc2)cc(N(C)C)c1O. The molecule has 0 aliphatic carbocycles. The number of hydrogen-bond donors (Lipinski definition) is 2. The number of phenols is 1. The molecule has 0 aliphatic heterocycles. The molecule has 0 fully saturated rings. The highest BCUT2D eigenvalue weighted by atomic mass is 16.6. The Hall–Kier alpha value is -2.80. The Bertz CT molecular complexity index is 760. The molecule has 0 saturated heterocycles. The van der Waals surface area contributed by atoms with Crippen LogP contribution in [0.2, 0.25) is 0 Å². The molecule has 26 heavy (non-hydrogen) atoms. The monoisotopic (exact) mass is 359 g/mol. The van der Waals surface area contributed by atoms with Gasteiger partial charge in [0.2, 0.25) is 0 Å². The number of anilines is 1. The lowest BCUT2D eigenvalue weighted by molar-refractivity contribution is -0.384. The highest BCUT2D eigenvalue weighted by Gasteiger charge is 2.13. The molecule has 2 rings (SSSR count). The molecule has 140 valence electrons. The van der Waals surface area contributed by atoms with Crippen LogP contribution in [0.1, 0.15) is 18.1 Å². The number of non-ortho nitro benzene ring substituents is 1. The standard InChI is InChI=1S/C19H25N3O4/c1-13(9-14-5-7-16(8-6-14)22(24)25)20-12-15-10-17(21(2)3)19(23)18(11-15)26-4/h5-8,10-11,13,20,23H,9,12H2,1-4H3. The predicted octanol–water partition coefficient (Wildman–Crippen LogP) is 3.10. The minimum Gasteiger partial charge on any atom is -0.503 e. The fourth-order valence-corrected chi connectivity index (χ4v) is 2.72. The summed E-state index contributed by atoms with van der Waals surface area (Å²) in [5.74, 6) is 0.566. The van der Waals surface area contributed by atoms with Crippen molar-refractivity contribution < 1.29 is 14.8 Å². The van der Waals surface area contributed by atoms with Crippen LogP contribution in [-0.4, -0.2) is 37.3 Å². The van der Waals surface area contributed by atoms with Gasteiger partial charge in [-0.2, -0.15) is 0 Å². The molecule has 0 heterocycles. The number of nitrogens with zero attached hydrogens (tertiary/aromatic N) is 2. The number of rotatable bonds is 8. The number of nitrogens with one attached hydrogen (secondary N) is 1. The average Bonchev–Trinajstić information content (AvgIpc) is 2.61. The first-order valence-corrected chi connectivity index (χ1v) is 8.35. The maximum Gasteiger partial charge on any atom is 0.269 e. The molecule has 0 radical (unpaired) electrons. The lowest BCUT2D eigenvalue weighted by Gasteiger charge is -2.19. The topological polar surface area (TPSA) is 87.9 Å². The van der Waals surface area contributed by atoms with Crippen LogP contribution in [0.25, 0.3) is 0 Å². The summed E-state index contributed by atoms with van der Waals surface area (Å²) in [5.41, 5.74) is 2.83. The molecule has 0 saturated carbocycles. The van der Waals surface area contributed by atoms with Crippen LogP contribution >= 0.6 is 0 Å². The maximum absolute atomic E-state index is 10.7. The molecule has 1 unspecified atom stereocenters. The van der Waals surface area contributed by atoms with Crippen molar-refractivity contribution in [2.75, 3.05) is 26.1 Å². The van der Waals surface area contributed by atoms with Gasteiger partial charge in [0.1, 0.15) is 0 Å². The van der Waals surface area contributed by atoms with Gasteiger partial charge in [-0.1, -0.05) is 12.1 Å². The fourth-order valence-electron chi connectivity index (χ4n) is 2.72. The Labute approximate surface area is 153 Å². The molecular weight excluding hydrogens is 334 g/mol. The van der Waals surface area contributed by atoms with Gasteiger partial charge >= 0.3 is 0 Å². The second-order valence-corrected chi connectivity index (χ2v) is 6.47. The third kappa shape index (κ3) is 4.86. The molecule has 1 atom stereocenters. The van der Waals surface area contributed by atoms with E-state index in [1.165, 1.54) is 19.2 Å². The van der Waals surface area contributed by atoms with Gasteiger partial charge < -0.3 is 20.1 Å². The average molecular weight is 359 g/mol. The smallest absolute Gasteiger partial charge is 0.269 e. The summed E-state index contributed by atoms with van der Waals surface area (Å²) in [4.78, 5) is 12.1. The normalized spacial score (nSPS) is 11.8. The van der Waals surface area contributed by atoms with E-state index in [0.717, 1.165) is 17.5 Å². The lowest BCUT2D eigenvalue weighted by atomic mass is 10.1. The number of nitro groups is 1. The number of nitro benzene ring substituents is 1. The van der Waals surface area contributed by atoms with Gasteiger partial charge in [0.05, 0.1) is 17.7 Å². The number of ether oxygens (including phenoxy) is 1. The predicted molar refractivity (Wildman–Crippen MR) is 102 cm³/mol. The molecule has 0 amide bonds. The van der Waals surface area contributed by atoms with E-state index in [9.17, 15) is 15.2 Å². The zero-order chi connectivity index (χ0) is 19.3. The lowest BCUT2D eigenvalue weighted by Crippen LogP contribution is -2.27. The van der Waals surface area contributed by atoms with E-state index in [1.807, 2.05) is 31.1 Å². The first-order valence-electron chi connectivity index (χ1n) is 8.35. The van der Waals surface area contributed by atoms with Gasteiger partial charge in [-0.3, -0.25) is 10.1 Å². The molecule has 7 nitrogen and oxygen atoms in total. The van der Waals surface area contributed by atoms with Gasteiger partial charge in [-0.25, -0.2) is 0 Å². The third-order valence-corrected chi connectivity index (χ3v) is 4.16. The Morgan fingerprint density at radius 2 is 1.88 bits per heavy atom. The largest absolute Gasteiger partial charge is 0.503 e. The molecule has 0 aromatic heterocycles. The van der Waals surface area contributed by atoms with Gasteiger partial charge in [-0.05, 0) is 36.6 Å². The number of hydrogen-bond acceptors (Lipinski definition) is 6. The van der Waals surface area contributed by atoms with Gasteiger partial charge in [0.15, 0.2) is 11.5 Å². The van der Waals surface area contributed by atoms with Crippen molar-refractivity contribution >= 4 is 11.4 Å². The summed E-state index contributed by atoms with van der Waals surface area (Å²) >= 11 is 0. The van der Waals surface area contributed by atoms with Gasteiger partial charge in [0.25, 0.3) is 5.69 Å². The molecule has 0 aliphatic rings. The van der Waals surface area contributed by atoms with Crippen LogP contribution in [-0.2, 0) is 13.0 Å². The Kier molecular flexibility index (Phi) is 6.41. The Balaban J connectivity index is 2.01. The number of benzene rings is 2. The van der Waals surface area contributed by atoms with E-state index in [0.29, 0.717) is 18.0 Å². The highest BCUT2D eigenvalue weighted by molar-refractivity contribution is 5.65. The Morgan fingerprint density at radius 3 is 2.42 bits per heavy atom. The number of phenolic OH excluding ortho intramolecular Hbond substituents is 1. The van der Waals surface area contributed by atoms with Crippen molar-refractivity contribution in [3.05, 3.63) is 57.6 Å². The van der Waals surface area contributed by atoms with Crippen molar-refractivity contribution in [1.29, 1.82) is 0 Å². The van der Waals surface area contributed by atoms with Crippen molar-refractivity contribution in [2.45, 2.75) is 25.9 Å². The van der Waals surface area contributed by atoms with Gasteiger partial charge in [-0.15, -0.1) is 0 Å². The van der Waals surface area contributed by atoms with Gasteiger partial charge in [0, 0.05) is 38.8 Å². The second kappa shape index (κ2) is 8.53. The van der Waals surface area contributed by atoms with Crippen molar-refractivity contribution in [3.63, 3.8) is 0 Å². The van der Waals surface area contributed by atoms with Crippen LogP contribution < -0.4 is 15.0 Å². The zero-order valence-electron chi connectivity index (χ0n) is 15.5. The fraction of sp³-hybridized carbons (Fsp3) is 0.368. The van der Waals surface area contributed by atoms with E-state index in [2.05, 4.69) is 12.2 Å². The van der Waals surface area contributed by atoms with Crippen LogP contribution in [0.4, 0.5) is 11.4 Å². The van der Waals surface area contributed by atoms with E-state index < -0.39 is 4.92 Å². The van der Waals surface area contributed by atoms with Crippen LogP contribution in [0.3, 0.4) is 0 Å². The Morgan fingerprint density at radius 1 is 1.23 bits per heavy atom. The zero-order valence-corrected chi connectivity index (χ0v) is 15.5. The first kappa shape index (κ1) is 19.5. The third-order valence-electron chi connectivity index (χ3n) is 4.16. The first-order chi connectivity index (χ1) is 12.3. The number of aromatic hydroxyl groups is 1. The van der Waals surface area contributed by atoms with Crippen LogP contribution in [0.5, 0.6) is 11.5 Å². The van der Waals surface area contributed by atoms with Crippen LogP contribution in [0, 0.1) is 10.1 Å². The molecule has 7 heteroatoms. The van der Waals surface area contributed by atoms with Crippen LogP contribution in [0.15, 0.2) is 36.4 Å². The molecular formula is C19H25N3O4. The summed E-state index contributed by atoms with van der Waals surface area (Å²) in [6.07, 6.45) is 0.758. The highest BCUT2D eigenvalue weighted by Crippen LogP contribution is 2.36. The van der Waals surface area contributed by atoms with Crippen molar-refractivity contribution in [3.8, 4) is 11.5 Å². The molecule has 0 spiro atoms. The van der Waals surface area contributed by atoms with E-state index in [4.69, 9.17) is 4.74 Å². The van der Waals surface area contributed by atoms with E-state index in [1.54, 1.807) is 12.1 Å². The summed E-state index contributed by atoms with van der Waals surface area (Å²) < 4.78 is 5.25. The minimum absolute atomic E-state index is 0.0989. The minimum atomic E-state index is -0.397. The number of methoxy groups -OCH3 is 1. The van der Waals surface area contributed by atoms with Crippen molar-refractivity contribution in [2.24, 2.45) is 0 Å². The molecule has 2 N–H and O–H groups in total. The summed E-state index contributed by atoms with van der Waals surface area (Å²) in [5, 5.41) is 24.3. The maximum atomic E-state index is 10.7. The molecule has 2 aromatic carbocycles. The summed E-state index contributed by atoms with van der Waals surface area (Å²) in [6, 6.07) is 10.5. The van der Waals surface area contributed by atoms with E-state index >= 15 is 0 Å². The van der Waals surface area contributed by atoms with E-state index in [-0.39, 0.29) is 17.5 Å². The summed E-state index contributed by atoms with van der Waals surface area (Å²) in [6.45, 7) is 2.68. The van der Waals surface area contributed by atoms with Crippen molar-refractivity contribution in [1.82, 2.24) is 5.32 Å². The summed E-state index contributed by atoms with van der Waals surface area (Å²) in [7, 11) is 5.26. The molecule has 0 bridgehead atoms.